The van der Waals surface area contributed by atoms with Crippen LogP contribution in [0.3, 0.4) is 0 Å². The highest BCUT2D eigenvalue weighted by Crippen LogP contribution is 2.32. The summed E-state index contributed by atoms with van der Waals surface area (Å²) in [5.41, 5.74) is 4.18. The Kier molecular flexibility index (Phi) is 5.08. The number of benzene rings is 1. The Labute approximate surface area is 149 Å². The minimum atomic E-state index is -0.509. The molecule has 3 rings (SSSR count). The van der Waals surface area contributed by atoms with Gasteiger partial charge in [-0.3, -0.25) is 19.8 Å². The summed E-state index contributed by atoms with van der Waals surface area (Å²) in [6.07, 6.45) is 2.44. The third-order valence-electron chi connectivity index (χ3n) is 4.18. The standard InChI is InChI=1S/C17H20N6O3/c1-10(2)16(23-8-12(20-22-23)6-7-14(25)21-26)17-18-13-5-3-4-11(9-24)15(13)19-17/h3-6,9-10,16,26H,7-8H2,1-2H3,(H,18,19)(H,21,25)/b12-6-. The predicted octanol–water partition coefficient (Wildman–Crippen LogP) is 2.53. The lowest BCUT2D eigenvalue weighted by atomic mass is 10.0. The molecular formula is C17H20N6O3. The number of carbonyl (C=O) groups excluding carboxylic acids is 2. The molecule has 0 radical (unpaired) electrons. The Morgan fingerprint density at radius 2 is 2.27 bits per heavy atom. The van der Waals surface area contributed by atoms with Crippen molar-refractivity contribution in [3.8, 4) is 0 Å². The molecule has 0 fully saturated rings. The second-order valence-electron chi connectivity index (χ2n) is 6.39. The summed E-state index contributed by atoms with van der Waals surface area (Å²) >= 11 is 0. The van der Waals surface area contributed by atoms with Gasteiger partial charge in [0, 0.05) is 12.0 Å². The number of carbonyl (C=O) groups is 2. The van der Waals surface area contributed by atoms with E-state index in [1.54, 1.807) is 28.7 Å². The fourth-order valence-corrected chi connectivity index (χ4v) is 2.97. The minimum absolute atomic E-state index is 0.0262. The van der Waals surface area contributed by atoms with Gasteiger partial charge in [-0.25, -0.2) is 10.5 Å². The number of nitrogens with zero attached hydrogens (tertiary/aromatic N) is 4. The number of para-hydroxylation sites is 1. The molecule has 1 aromatic carbocycles. The number of hydrogen-bond acceptors (Lipinski definition) is 7. The van der Waals surface area contributed by atoms with Crippen LogP contribution in [0.2, 0.25) is 0 Å². The largest absolute Gasteiger partial charge is 0.340 e. The van der Waals surface area contributed by atoms with Crippen molar-refractivity contribution in [2.45, 2.75) is 26.3 Å². The number of aromatic nitrogens is 2. The maximum Gasteiger partial charge on any atom is 0.247 e. The van der Waals surface area contributed by atoms with Crippen molar-refractivity contribution in [2.24, 2.45) is 16.3 Å². The molecule has 1 amide bonds. The van der Waals surface area contributed by atoms with Crippen LogP contribution in [0.5, 0.6) is 0 Å². The van der Waals surface area contributed by atoms with Crippen LogP contribution in [0.4, 0.5) is 0 Å². The average Bonchev–Trinajstić information content (AvgIpc) is 3.26. The molecule has 9 nitrogen and oxygen atoms in total. The van der Waals surface area contributed by atoms with E-state index in [4.69, 9.17) is 5.21 Å². The van der Waals surface area contributed by atoms with E-state index in [1.165, 1.54) is 0 Å². The molecular weight excluding hydrogens is 336 g/mol. The zero-order chi connectivity index (χ0) is 18.7. The number of H-pyrrole nitrogens is 1. The Bertz CT molecular complexity index is 886. The van der Waals surface area contributed by atoms with Gasteiger partial charge in [-0.05, 0) is 24.1 Å². The first-order valence-corrected chi connectivity index (χ1v) is 8.27. The van der Waals surface area contributed by atoms with Crippen LogP contribution in [-0.4, -0.2) is 38.9 Å². The summed E-state index contributed by atoms with van der Waals surface area (Å²) in [7, 11) is 0. The van der Waals surface area contributed by atoms with Gasteiger partial charge in [0.1, 0.15) is 11.9 Å². The van der Waals surface area contributed by atoms with E-state index in [0.717, 1.165) is 11.8 Å². The van der Waals surface area contributed by atoms with E-state index >= 15 is 0 Å². The summed E-state index contributed by atoms with van der Waals surface area (Å²) in [5, 5.41) is 18.6. The van der Waals surface area contributed by atoms with Crippen molar-refractivity contribution in [3.63, 3.8) is 0 Å². The number of hydroxylamine groups is 1. The predicted molar refractivity (Wildman–Crippen MR) is 93.3 cm³/mol. The zero-order valence-corrected chi connectivity index (χ0v) is 14.5. The van der Waals surface area contributed by atoms with Crippen molar-refractivity contribution in [1.29, 1.82) is 0 Å². The molecule has 26 heavy (non-hydrogen) atoms. The van der Waals surface area contributed by atoms with Gasteiger partial charge in [0.05, 0.1) is 23.3 Å². The van der Waals surface area contributed by atoms with Gasteiger partial charge in [-0.1, -0.05) is 25.1 Å². The molecule has 9 heteroatoms. The zero-order valence-electron chi connectivity index (χ0n) is 14.5. The van der Waals surface area contributed by atoms with E-state index in [1.807, 2.05) is 6.07 Å². The van der Waals surface area contributed by atoms with Crippen molar-refractivity contribution in [3.05, 3.63) is 41.4 Å². The van der Waals surface area contributed by atoms with Gasteiger partial charge in [-0.2, -0.15) is 0 Å². The molecule has 2 heterocycles. The minimum Gasteiger partial charge on any atom is -0.340 e. The highest BCUT2D eigenvalue weighted by atomic mass is 16.5. The van der Waals surface area contributed by atoms with Gasteiger partial charge < -0.3 is 4.98 Å². The van der Waals surface area contributed by atoms with Crippen molar-refractivity contribution in [1.82, 2.24) is 20.5 Å². The Hall–Kier alpha value is -3.07. The summed E-state index contributed by atoms with van der Waals surface area (Å²) in [6.45, 7) is 4.53. The first-order valence-electron chi connectivity index (χ1n) is 8.27. The molecule has 0 aliphatic carbocycles. The Morgan fingerprint density at radius 3 is 2.96 bits per heavy atom. The number of amides is 1. The summed E-state index contributed by atoms with van der Waals surface area (Å²) in [6, 6.07) is 5.25. The molecule has 1 unspecified atom stereocenters. The number of aromatic amines is 1. The van der Waals surface area contributed by atoms with Crippen LogP contribution in [0, 0.1) is 5.92 Å². The number of imidazole rings is 1. The third kappa shape index (κ3) is 3.47. The van der Waals surface area contributed by atoms with Crippen LogP contribution in [-0.2, 0) is 4.79 Å². The first kappa shape index (κ1) is 17.7. The normalized spacial score (nSPS) is 16.6. The van der Waals surface area contributed by atoms with Gasteiger partial charge in [0.15, 0.2) is 6.29 Å². The second-order valence-corrected chi connectivity index (χ2v) is 6.39. The fraction of sp³-hybridized carbons (Fsp3) is 0.353. The van der Waals surface area contributed by atoms with Crippen LogP contribution in [0.25, 0.3) is 11.0 Å². The summed E-state index contributed by atoms with van der Waals surface area (Å²) in [5.74, 6) is 0.372. The van der Waals surface area contributed by atoms with Crippen LogP contribution in [0.15, 0.2) is 40.3 Å². The van der Waals surface area contributed by atoms with E-state index in [2.05, 4.69) is 34.2 Å². The number of aldehydes is 1. The maximum atomic E-state index is 11.2. The molecule has 1 aromatic heterocycles. The molecule has 0 bridgehead atoms. The van der Waals surface area contributed by atoms with Crippen LogP contribution < -0.4 is 5.48 Å². The lowest BCUT2D eigenvalue weighted by molar-refractivity contribution is -0.128. The van der Waals surface area contributed by atoms with Crippen LogP contribution in [0.1, 0.15) is 42.5 Å². The first-order chi connectivity index (χ1) is 12.5. The molecule has 0 saturated carbocycles. The fourth-order valence-electron chi connectivity index (χ4n) is 2.97. The molecule has 0 spiro atoms. The molecule has 2 aromatic rings. The second kappa shape index (κ2) is 7.44. The molecule has 1 aliphatic rings. The van der Waals surface area contributed by atoms with Crippen LogP contribution >= 0.6 is 0 Å². The van der Waals surface area contributed by atoms with Gasteiger partial charge in [-0.15, -0.1) is 5.11 Å². The number of fused-ring (bicyclic) bond motifs is 1. The Balaban J connectivity index is 1.86. The van der Waals surface area contributed by atoms with Gasteiger partial charge in [0.25, 0.3) is 0 Å². The van der Waals surface area contributed by atoms with Crippen molar-refractivity contribution >= 4 is 23.2 Å². The van der Waals surface area contributed by atoms with E-state index in [0.29, 0.717) is 29.1 Å². The number of hydrogen-bond donors (Lipinski definition) is 3. The van der Waals surface area contributed by atoms with E-state index < -0.39 is 5.91 Å². The molecule has 0 saturated heterocycles. The molecule has 3 N–H and O–H groups in total. The van der Waals surface area contributed by atoms with Gasteiger partial charge in [0.2, 0.25) is 5.91 Å². The number of rotatable bonds is 6. The Morgan fingerprint density at radius 1 is 1.46 bits per heavy atom. The average molecular weight is 356 g/mol. The quantitative estimate of drug-likeness (QED) is 0.417. The van der Waals surface area contributed by atoms with E-state index in [9.17, 15) is 9.59 Å². The summed E-state index contributed by atoms with van der Waals surface area (Å²) in [4.78, 5) is 30.3. The van der Waals surface area contributed by atoms with Crippen molar-refractivity contribution in [2.75, 3.05) is 6.54 Å². The third-order valence-corrected chi connectivity index (χ3v) is 4.18. The van der Waals surface area contributed by atoms with E-state index in [-0.39, 0.29) is 18.4 Å². The highest BCUT2D eigenvalue weighted by molar-refractivity contribution is 5.94. The lowest BCUT2D eigenvalue weighted by Crippen LogP contribution is -2.27. The monoisotopic (exact) mass is 356 g/mol. The lowest BCUT2D eigenvalue weighted by Gasteiger charge is -2.26. The SMILES string of the molecule is CC(C)C(c1nc2c(C=O)cccc2[nH]1)N1C/C(=C/CC(=O)NO)N=N1. The highest BCUT2D eigenvalue weighted by Gasteiger charge is 2.29. The number of nitrogens with one attached hydrogen (secondary N) is 2. The molecule has 1 aliphatic heterocycles. The molecule has 136 valence electrons. The topological polar surface area (TPSA) is 123 Å². The smallest absolute Gasteiger partial charge is 0.247 e. The summed E-state index contributed by atoms with van der Waals surface area (Å²) < 4.78 is 0. The molecule has 1 atom stereocenters. The van der Waals surface area contributed by atoms with Gasteiger partial charge >= 0.3 is 0 Å². The maximum absolute atomic E-state index is 11.2. The van der Waals surface area contributed by atoms with Crippen molar-refractivity contribution < 1.29 is 14.8 Å².